The summed E-state index contributed by atoms with van der Waals surface area (Å²) in [7, 11) is 1.62. The Bertz CT molecular complexity index is 1240. The molecule has 33 heavy (non-hydrogen) atoms. The van der Waals surface area contributed by atoms with Crippen LogP contribution in [0.5, 0.6) is 0 Å². The number of nitrogens with one attached hydrogen (secondary N) is 3. The van der Waals surface area contributed by atoms with Crippen molar-refractivity contribution >= 4 is 22.8 Å². The quantitative estimate of drug-likeness (QED) is 0.452. The Labute approximate surface area is 192 Å². The van der Waals surface area contributed by atoms with Gasteiger partial charge in [-0.25, -0.2) is 4.98 Å². The van der Waals surface area contributed by atoms with Gasteiger partial charge in [0.1, 0.15) is 0 Å². The van der Waals surface area contributed by atoms with E-state index in [4.69, 9.17) is 14.5 Å². The molecule has 3 aromatic rings. The largest absolute Gasteiger partial charge is 0.382 e. The molecule has 0 saturated heterocycles. The number of nitrogens with zero attached hydrogens (tertiary/aromatic N) is 2. The van der Waals surface area contributed by atoms with Crippen LogP contribution in [-0.2, 0) is 16.0 Å². The fourth-order valence-electron chi connectivity index (χ4n) is 3.99. The van der Waals surface area contributed by atoms with Crippen molar-refractivity contribution in [1.82, 2.24) is 19.9 Å². The minimum Gasteiger partial charge on any atom is -0.382 e. The summed E-state index contributed by atoms with van der Waals surface area (Å²) in [5.41, 5.74) is 3.15. The first-order valence-corrected chi connectivity index (χ1v) is 11.1. The van der Waals surface area contributed by atoms with Gasteiger partial charge in [-0.2, -0.15) is 0 Å². The molecule has 9 nitrogen and oxygen atoms in total. The van der Waals surface area contributed by atoms with Crippen LogP contribution in [0.2, 0.25) is 0 Å². The topological polar surface area (TPSA) is 110 Å². The van der Waals surface area contributed by atoms with E-state index < -0.39 is 0 Å². The summed E-state index contributed by atoms with van der Waals surface area (Å²) >= 11 is 0. The van der Waals surface area contributed by atoms with Crippen molar-refractivity contribution < 1.29 is 14.3 Å². The number of anilines is 1. The van der Waals surface area contributed by atoms with Gasteiger partial charge in [0.05, 0.1) is 54.6 Å². The van der Waals surface area contributed by atoms with Gasteiger partial charge in [-0.1, -0.05) is 12.1 Å². The number of hydrogen-bond acceptors (Lipinski definition) is 6. The highest BCUT2D eigenvalue weighted by Crippen LogP contribution is 2.32. The molecule has 1 aliphatic rings. The Kier molecular flexibility index (Phi) is 6.27. The summed E-state index contributed by atoms with van der Waals surface area (Å²) in [6.07, 6.45) is 0. The van der Waals surface area contributed by atoms with Crippen molar-refractivity contribution in [3.05, 3.63) is 45.9 Å². The maximum absolute atomic E-state index is 13.5. The van der Waals surface area contributed by atoms with Crippen LogP contribution >= 0.6 is 0 Å². The second kappa shape index (κ2) is 8.99. The van der Waals surface area contributed by atoms with E-state index in [9.17, 15) is 9.59 Å². The average Bonchev–Trinajstić information content (AvgIpc) is 3.29. The van der Waals surface area contributed by atoms with Crippen molar-refractivity contribution in [3.63, 3.8) is 0 Å². The third-order valence-electron chi connectivity index (χ3n) is 5.53. The number of benzene rings is 1. The molecule has 0 radical (unpaired) electrons. The van der Waals surface area contributed by atoms with Crippen LogP contribution in [0.15, 0.2) is 29.1 Å². The molecule has 1 amide bonds. The van der Waals surface area contributed by atoms with E-state index in [2.05, 4.69) is 15.6 Å². The first-order valence-electron chi connectivity index (χ1n) is 11.1. The lowest BCUT2D eigenvalue weighted by Gasteiger charge is -2.24. The fraction of sp³-hybridized carbons (Fsp3) is 0.458. The number of rotatable bonds is 8. The first kappa shape index (κ1) is 23.0. The zero-order chi connectivity index (χ0) is 23.8. The minimum absolute atomic E-state index is 0.0855. The summed E-state index contributed by atoms with van der Waals surface area (Å²) < 4.78 is 12.2. The molecule has 0 aliphatic carbocycles. The van der Waals surface area contributed by atoms with E-state index >= 15 is 0 Å². The number of H-pyrrole nitrogens is 1. The molecule has 1 aliphatic heterocycles. The smallest absolute Gasteiger partial charge is 0.262 e. The molecule has 0 spiro atoms. The Morgan fingerprint density at radius 3 is 2.64 bits per heavy atom. The predicted molar refractivity (Wildman–Crippen MR) is 128 cm³/mol. The normalized spacial score (nSPS) is 15.7. The van der Waals surface area contributed by atoms with E-state index in [0.29, 0.717) is 48.8 Å². The molecule has 3 N–H and O–H groups in total. The molecule has 9 heteroatoms. The highest BCUT2D eigenvalue weighted by molar-refractivity contribution is 6.01. The van der Waals surface area contributed by atoms with Crippen LogP contribution in [0, 0.1) is 0 Å². The number of aromatic amines is 1. The fourth-order valence-corrected chi connectivity index (χ4v) is 3.99. The number of carbonyl (C=O) groups excluding carboxylic acids is 1. The minimum atomic E-state index is -0.304. The molecule has 0 saturated carbocycles. The van der Waals surface area contributed by atoms with Crippen molar-refractivity contribution in [2.45, 2.75) is 45.8 Å². The Hall–Kier alpha value is -3.17. The summed E-state index contributed by atoms with van der Waals surface area (Å²) in [6, 6.07) is 7.28. The maximum Gasteiger partial charge on any atom is 0.262 e. The standard InChI is InChI=1S/C24H31N5O4/c1-14-19-17(21(30)25-14)13-18(26-19)15-7-6-8-16-20(15)27-23(28-24(2,3)4)29(22(16)31)9-10-33-12-11-32-5/h6-8,13-14,26H,9-12H2,1-5H3,(H,25,30)(H,27,28)/t14-/m1/s1. The molecule has 0 bridgehead atoms. The molecule has 4 rings (SSSR count). The second-order valence-corrected chi connectivity index (χ2v) is 9.28. The van der Waals surface area contributed by atoms with Gasteiger partial charge in [0, 0.05) is 23.9 Å². The summed E-state index contributed by atoms with van der Waals surface area (Å²) in [6.45, 7) is 9.68. The van der Waals surface area contributed by atoms with Gasteiger partial charge in [0.2, 0.25) is 5.95 Å². The van der Waals surface area contributed by atoms with Crippen molar-refractivity contribution in [1.29, 1.82) is 0 Å². The van der Waals surface area contributed by atoms with Crippen LogP contribution in [0.3, 0.4) is 0 Å². The number of aromatic nitrogens is 3. The van der Waals surface area contributed by atoms with Gasteiger partial charge in [-0.3, -0.25) is 14.2 Å². The molecule has 2 aromatic heterocycles. The number of hydrogen-bond donors (Lipinski definition) is 3. The molecule has 0 fully saturated rings. The lowest BCUT2D eigenvalue weighted by molar-refractivity contribution is 0.0664. The molecular weight excluding hydrogens is 422 g/mol. The number of para-hydroxylation sites is 1. The SMILES string of the molecule is COCCOCCn1c(NC(C)(C)C)nc2c(-c3cc4c([nH]3)[C@@H](C)NC4=O)cccc2c1=O. The molecular formula is C24H31N5O4. The van der Waals surface area contributed by atoms with E-state index in [1.165, 1.54) is 0 Å². The summed E-state index contributed by atoms with van der Waals surface area (Å²) in [5, 5.41) is 6.77. The summed E-state index contributed by atoms with van der Waals surface area (Å²) in [4.78, 5) is 34.0. The highest BCUT2D eigenvalue weighted by Gasteiger charge is 2.29. The van der Waals surface area contributed by atoms with Crippen LogP contribution < -0.4 is 16.2 Å². The predicted octanol–water partition coefficient (Wildman–Crippen LogP) is 3.07. The van der Waals surface area contributed by atoms with Gasteiger partial charge in [-0.05, 0) is 39.8 Å². The van der Waals surface area contributed by atoms with Gasteiger partial charge in [0.25, 0.3) is 11.5 Å². The van der Waals surface area contributed by atoms with E-state index in [0.717, 1.165) is 17.0 Å². The first-order chi connectivity index (χ1) is 15.7. The van der Waals surface area contributed by atoms with Crippen LogP contribution in [0.4, 0.5) is 5.95 Å². The van der Waals surface area contributed by atoms with Crippen molar-refractivity contribution in [2.75, 3.05) is 32.2 Å². The molecule has 176 valence electrons. The Morgan fingerprint density at radius 2 is 1.94 bits per heavy atom. The van der Waals surface area contributed by atoms with Gasteiger partial charge < -0.3 is 25.1 Å². The van der Waals surface area contributed by atoms with E-state index in [1.807, 2.05) is 45.9 Å². The lowest BCUT2D eigenvalue weighted by atomic mass is 10.1. The molecule has 1 aromatic carbocycles. The maximum atomic E-state index is 13.5. The monoisotopic (exact) mass is 453 g/mol. The summed E-state index contributed by atoms with van der Waals surface area (Å²) in [5.74, 6) is 0.382. The molecule has 0 unspecified atom stereocenters. The second-order valence-electron chi connectivity index (χ2n) is 9.28. The number of ether oxygens (including phenoxy) is 2. The number of amides is 1. The zero-order valence-corrected chi connectivity index (χ0v) is 19.7. The molecule has 1 atom stereocenters. The lowest BCUT2D eigenvalue weighted by Crippen LogP contribution is -2.34. The third kappa shape index (κ3) is 4.65. The molecule has 3 heterocycles. The average molecular weight is 454 g/mol. The number of fused-ring (bicyclic) bond motifs is 2. The van der Waals surface area contributed by atoms with Crippen LogP contribution in [0.1, 0.15) is 49.8 Å². The zero-order valence-electron chi connectivity index (χ0n) is 19.7. The van der Waals surface area contributed by atoms with Gasteiger partial charge >= 0.3 is 0 Å². The number of carbonyl (C=O) groups is 1. The van der Waals surface area contributed by atoms with Gasteiger partial charge in [0.15, 0.2) is 0 Å². The van der Waals surface area contributed by atoms with Crippen LogP contribution in [-0.4, -0.2) is 52.9 Å². The Morgan fingerprint density at radius 1 is 1.15 bits per heavy atom. The van der Waals surface area contributed by atoms with E-state index in [-0.39, 0.29) is 23.0 Å². The number of methoxy groups -OCH3 is 1. The van der Waals surface area contributed by atoms with Crippen LogP contribution in [0.25, 0.3) is 22.2 Å². The van der Waals surface area contributed by atoms with Crippen molar-refractivity contribution in [3.8, 4) is 11.3 Å². The van der Waals surface area contributed by atoms with E-state index in [1.54, 1.807) is 17.7 Å². The Balaban J connectivity index is 1.80. The van der Waals surface area contributed by atoms with Gasteiger partial charge in [-0.15, -0.1) is 0 Å². The van der Waals surface area contributed by atoms with Crippen molar-refractivity contribution in [2.24, 2.45) is 0 Å². The third-order valence-corrected chi connectivity index (χ3v) is 5.53. The highest BCUT2D eigenvalue weighted by atomic mass is 16.5.